The van der Waals surface area contributed by atoms with E-state index in [-0.39, 0.29) is 0 Å². The molecule has 0 saturated carbocycles. The Morgan fingerprint density at radius 2 is 2.11 bits per heavy atom. The van der Waals surface area contributed by atoms with Crippen LogP contribution >= 0.6 is 11.3 Å². The van der Waals surface area contributed by atoms with Crippen molar-refractivity contribution in [3.63, 3.8) is 0 Å². The molecular weight excluding hydrogens is 252 g/mol. The average molecular weight is 268 g/mol. The van der Waals surface area contributed by atoms with Gasteiger partial charge in [-0.2, -0.15) is 5.26 Å². The Bertz CT molecular complexity index is 592. The second-order valence-corrected chi connectivity index (χ2v) is 5.92. The molecule has 0 fully saturated rings. The van der Waals surface area contributed by atoms with Gasteiger partial charge in [0.15, 0.2) is 0 Å². The van der Waals surface area contributed by atoms with Crippen molar-refractivity contribution in [3.8, 4) is 6.07 Å². The molecule has 0 aliphatic heterocycles. The van der Waals surface area contributed by atoms with Crippen LogP contribution in [0.1, 0.15) is 34.9 Å². The first-order chi connectivity index (χ1) is 9.36. The molecule has 96 valence electrons. The fourth-order valence-electron chi connectivity index (χ4n) is 2.65. The van der Waals surface area contributed by atoms with E-state index in [9.17, 15) is 0 Å². The Labute approximate surface area is 117 Å². The summed E-state index contributed by atoms with van der Waals surface area (Å²) >= 11 is 1.87. The van der Waals surface area contributed by atoms with E-state index in [0.29, 0.717) is 12.5 Å². The van der Waals surface area contributed by atoms with Crippen LogP contribution in [-0.2, 0) is 12.8 Å². The highest BCUT2D eigenvalue weighted by atomic mass is 32.1. The highest BCUT2D eigenvalue weighted by Gasteiger charge is 2.20. The number of aryl methyl sites for hydroxylation is 1. The van der Waals surface area contributed by atoms with Crippen LogP contribution in [0.2, 0.25) is 0 Å². The van der Waals surface area contributed by atoms with Crippen LogP contribution in [0.4, 0.5) is 5.69 Å². The van der Waals surface area contributed by atoms with Gasteiger partial charge < -0.3 is 5.32 Å². The molecule has 1 unspecified atom stereocenters. The van der Waals surface area contributed by atoms with E-state index in [1.54, 1.807) is 0 Å². The van der Waals surface area contributed by atoms with E-state index >= 15 is 0 Å². The van der Waals surface area contributed by atoms with Gasteiger partial charge in [-0.05, 0) is 54.0 Å². The van der Waals surface area contributed by atoms with E-state index in [1.165, 1.54) is 29.7 Å². The molecule has 2 nitrogen and oxygen atoms in total. The standard InChI is InChI=1S/C16H16N2S/c17-10-8-12-4-6-13(7-5-12)18-15-2-1-3-16-14(15)9-11-19-16/h4-7,9,11,15,18H,1-3,8H2. The van der Waals surface area contributed by atoms with Gasteiger partial charge in [-0.15, -0.1) is 11.3 Å². The first kappa shape index (κ1) is 12.3. The molecule has 1 aliphatic rings. The van der Waals surface area contributed by atoms with Gasteiger partial charge >= 0.3 is 0 Å². The molecule has 1 aromatic carbocycles. The van der Waals surface area contributed by atoms with Gasteiger partial charge in [0.25, 0.3) is 0 Å². The van der Waals surface area contributed by atoms with Crippen molar-refractivity contribution in [2.45, 2.75) is 31.7 Å². The van der Waals surface area contributed by atoms with Crippen LogP contribution in [0.3, 0.4) is 0 Å². The predicted octanol–water partition coefficient (Wildman–Crippen LogP) is 4.30. The van der Waals surface area contributed by atoms with Crippen molar-refractivity contribution in [2.24, 2.45) is 0 Å². The van der Waals surface area contributed by atoms with Crippen molar-refractivity contribution in [3.05, 3.63) is 51.7 Å². The first-order valence-corrected chi connectivity index (χ1v) is 7.53. The molecule has 2 aromatic rings. The summed E-state index contributed by atoms with van der Waals surface area (Å²) in [5, 5.41) is 14.5. The number of rotatable bonds is 3. The molecule has 1 N–H and O–H groups in total. The van der Waals surface area contributed by atoms with Crippen molar-refractivity contribution >= 4 is 17.0 Å². The largest absolute Gasteiger partial charge is 0.378 e. The van der Waals surface area contributed by atoms with E-state index in [1.807, 2.05) is 23.5 Å². The SMILES string of the molecule is N#CCc1ccc(NC2CCCc3sccc32)cc1. The van der Waals surface area contributed by atoms with Gasteiger partial charge in [0, 0.05) is 10.6 Å². The van der Waals surface area contributed by atoms with Gasteiger partial charge in [-0.25, -0.2) is 0 Å². The number of nitriles is 1. The molecule has 3 rings (SSSR count). The van der Waals surface area contributed by atoms with E-state index in [0.717, 1.165) is 11.3 Å². The van der Waals surface area contributed by atoms with Crippen LogP contribution in [0.15, 0.2) is 35.7 Å². The molecule has 1 aliphatic carbocycles. The van der Waals surface area contributed by atoms with Gasteiger partial charge in [0.2, 0.25) is 0 Å². The Morgan fingerprint density at radius 1 is 1.26 bits per heavy atom. The van der Waals surface area contributed by atoms with Crippen LogP contribution in [0, 0.1) is 11.3 Å². The molecule has 0 amide bonds. The lowest BCUT2D eigenvalue weighted by atomic mass is 9.94. The summed E-state index contributed by atoms with van der Waals surface area (Å²) in [5.74, 6) is 0. The van der Waals surface area contributed by atoms with E-state index in [4.69, 9.17) is 5.26 Å². The minimum Gasteiger partial charge on any atom is -0.378 e. The number of benzene rings is 1. The molecule has 3 heteroatoms. The lowest BCUT2D eigenvalue weighted by Crippen LogP contribution is -2.15. The Balaban J connectivity index is 1.74. The first-order valence-electron chi connectivity index (χ1n) is 6.65. The average Bonchev–Trinajstić information content (AvgIpc) is 2.91. The molecule has 0 saturated heterocycles. The summed E-state index contributed by atoms with van der Waals surface area (Å²) in [5.41, 5.74) is 3.69. The topological polar surface area (TPSA) is 35.8 Å². The van der Waals surface area contributed by atoms with Crippen molar-refractivity contribution in [1.82, 2.24) is 0 Å². The highest BCUT2D eigenvalue weighted by molar-refractivity contribution is 7.10. The number of anilines is 1. The molecular formula is C16H16N2S. The number of hydrogen-bond acceptors (Lipinski definition) is 3. The van der Waals surface area contributed by atoms with Crippen molar-refractivity contribution < 1.29 is 0 Å². The minimum absolute atomic E-state index is 0.441. The number of nitrogens with one attached hydrogen (secondary N) is 1. The number of nitrogens with zero attached hydrogens (tertiary/aromatic N) is 1. The molecule has 0 radical (unpaired) electrons. The van der Waals surface area contributed by atoms with Crippen molar-refractivity contribution in [2.75, 3.05) is 5.32 Å². The molecule has 0 bridgehead atoms. The van der Waals surface area contributed by atoms with Gasteiger partial charge in [-0.3, -0.25) is 0 Å². The predicted molar refractivity (Wildman–Crippen MR) is 79.4 cm³/mol. The lowest BCUT2D eigenvalue weighted by Gasteiger charge is -2.24. The molecule has 1 atom stereocenters. The number of hydrogen-bond donors (Lipinski definition) is 1. The number of fused-ring (bicyclic) bond motifs is 1. The zero-order chi connectivity index (χ0) is 13.1. The Hall–Kier alpha value is -1.79. The molecule has 19 heavy (non-hydrogen) atoms. The fourth-order valence-corrected chi connectivity index (χ4v) is 3.64. The maximum atomic E-state index is 8.67. The normalized spacial score (nSPS) is 17.5. The smallest absolute Gasteiger partial charge is 0.0669 e. The third-order valence-electron chi connectivity index (χ3n) is 3.63. The van der Waals surface area contributed by atoms with Crippen LogP contribution in [0.5, 0.6) is 0 Å². The monoisotopic (exact) mass is 268 g/mol. The molecule has 1 heterocycles. The second kappa shape index (κ2) is 5.46. The maximum Gasteiger partial charge on any atom is 0.0669 e. The third-order valence-corrected chi connectivity index (χ3v) is 4.63. The summed E-state index contributed by atoms with van der Waals surface area (Å²) < 4.78 is 0. The lowest BCUT2D eigenvalue weighted by molar-refractivity contribution is 0.609. The summed E-state index contributed by atoms with van der Waals surface area (Å²) in [6.45, 7) is 0. The minimum atomic E-state index is 0.441. The molecule has 1 aromatic heterocycles. The summed E-state index contributed by atoms with van der Waals surface area (Å²) in [6, 6.07) is 13.1. The van der Waals surface area contributed by atoms with E-state index in [2.05, 4.69) is 35.0 Å². The quantitative estimate of drug-likeness (QED) is 0.900. The third kappa shape index (κ3) is 2.64. The van der Waals surface area contributed by atoms with Gasteiger partial charge in [-0.1, -0.05) is 12.1 Å². The second-order valence-electron chi connectivity index (χ2n) is 4.92. The maximum absolute atomic E-state index is 8.67. The summed E-state index contributed by atoms with van der Waals surface area (Å²) in [4.78, 5) is 1.53. The van der Waals surface area contributed by atoms with E-state index < -0.39 is 0 Å². The highest BCUT2D eigenvalue weighted by Crippen LogP contribution is 2.35. The van der Waals surface area contributed by atoms with Crippen LogP contribution < -0.4 is 5.32 Å². The summed E-state index contributed by atoms with van der Waals surface area (Å²) in [6.07, 6.45) is 4.17. The zero-order valence-corrected chi connectivity index (χ0v) is 11.5. The van der Waals surface area contributed by atoms with Crippen LogP contribution in [-0.4, -0.2) is 0 Å². The fraction of sp³-hybridized carbons (Fsp3) is 0.312. The van der Waals surface area contributed by atoms with Crippen LogP contribution in [0.25, 0.3) is 0 Å². The number of thiophene rings is 1. The Morgan fingerprint density at radius 3 is 2.89 bits per heavy atom. The Kier molecular flexibility index (Phi) is 3.52. The van der Waals surface area contributed by atoms with Crippen molar-refractivity contribution in [1.29, 1.82) is 5.26 Å². The zero-order valence-electron chi connectivity index (χ0n) is 10.7. The van der Waals surface area contributed by atoms with Gasteiger partial charge in [0.05, 0.1) is 18.5 Å². The molecule has 0 spiro atoms. The summed E-state index contributed by atoms with van der Waals surface area (Å²) in [7, 11) is 0. The van der Waals surface area contributed by atoms with Gasteiger partial charge in [0.1, 0.15) is 0 Å².